The molecule has 1 saturated carbocycles. The number of furan rings is 1. The summed E-state index contributed by atoms with van der Waals surface area (Å²) in [4.78, 5) is 0. The largest absolute Gasteiger partial charge is 0.467 e. The van der Waals surface area contributed by atoms with Gasteiger partial charge in [-0.3, -0.25) is 0 Å². The summed E-state index contributed by atoms with van der Waals surface area (Å²) in [7, 11) is 0. The third-order valence-corrected chi connectivity index (χ3v) is 3.69. The van der Waals surface area contributed by atoms with Crippen molar-refractivity contribution < 1.29 is 9.15 Å². The Bertz CT molecular complexity index is 332. The summed E-state index contributed by atoms with van der Waals surface area (Å²) in [6.45, 7) is 7.16. The maximum Gasteiger partial charge on any atom is 0.129 e. The molecule has 0 aliphatic heterocycles. The van der Waals surface area contributed by atoms with Crippen LogP contribution in [0.4, 0.5) is 0 Å². The molecule has 3 nitrogen and oxygen atoms in total. The van der Waals surface area contributed by atoms with Crippen molar-refractivity contribution in [2.24, 2.45) is 5.41 Å². The van der Waals surface area contributed by atoms with E-state index >= 15 is 0 Å². The molecule has 1 unspecified atom stereocenters. The zero-order valence-corrected chi connectivity index (χ0v) is 11.6. The Balaban J connectivity index is 1.47. The van der Waals surface area contributed by atoms with Crippen LogP contribution in [0.15, 0.2) is 22.8 Å². The summed E-state index contributed by atoms with van der Waals surface area (Å²) in [5, 5.41) is 3.63. The van der Waals surface area contributed by atoms with E-state index in [4.69, 9.17) is 9.15 Å². The van der Waals surface area contributed by atoms with Crippen LogP contribution in [-0.2, 0) is 11.3 Å². The number of hydrogen-bond donors (Lipinski definition) is 1. The number of hydrogen-bond acceptors (Lipinski definition) is 3. The summed E-state index contributed by atoms with van der Waals surface area (Å²) in [6, 6.07) is 4.55. The maximum absolute atomic E-state index is 5.55. The van der Waals surface area contributed by atoms with Gasteiger partial charge in [-0.05, 0) is 49.8 Å². The van der Waals surface area contributed by atoms with E-state index in [0.717, 1.165) is 25.3 Å². The van der Waals surface area contributed by atoms with Crippen molar-refractivity contribution in [1.29, 1.82) is 0 Å². The van der Waals surface area contributed by atoms with Crippen LogP contribution in [-0.4, -0.2) is 19.2 Å². The predicted molar refractivity (Wildman–Crippen MR) is 72.4 cm³/mol. The van der Waals surface area contributed by atoms with Crippen LogP contribution >= 0.6 is 0 Å². The van der Waals surface area contributed by atoms with Crippen LogP contribution < -0.4 is 5.32 Å². The fourth-order valence-electron chi connectivity index (χ4n) is 2.66. The fourth-order valence-corrected chi connectivity index (χ4v) is 2.66. The average Bonchev–Trinajstić information content (AvgIpc) is 2.93. The van der Waals surface area contributed by atoms with Crippen LogP contribution in [0.3, 0.4) is 0 Å². The third kappa shape index (κ3) is 4.46. The summed E-state index contributed by atoms with van der Waals surface area (Å²) < 4.78 is 10.8. The van der Waals surface area contributed by atoms with Gasteiger partial charge in [0, 0.05) is 12.6 Å². The van der Waals surface area contributed by atoms with Gasteiger partial charge in [0.05, 0.1) is 6.26 Å². The first kappa shape index (κ1) is 13.6. The van der Waals surface area contributed by atoms with Crippen molar-refractivity contribution in [1.82, 2.24) is 5.32 Å². The van der Waals surface area contributed by atoms with E-state index in [1.807, 2.05) is 12.1 Å². The van der Waals surface area contributed by atoms with Crippen molar-refractivity contribution in [3.8, 4) is 0 Å². The van der Waals surface area contributed by atoms with Crippen LogP contribution in [0, 0.1) is 5.41 Å². The summed E-state index contributed by atoms with van der Waals surface area (Å²) in [5.41, 5.74) is 0.535. The van der Waals surface area contributed by atoms with Crippen LogP contribution in [0.25, 0.3) is 0 Å². The molecule has 1 aliphatic rings. The molecule has 1 heterocycles. The molecule has 1 aromatic rings. The number of nitrogens with one attached hydrogen (secondary N) is 1. The van der Waals surface area contributed by atoms with Gasteiger partial charge in [0.25, 0.3) is 0 Å². The highest BCUT2D eigenvalue weighted by molar-refractivity contribution is 4.96. The molecule has 1 atom stereocenters. The number of ether oxygens (including phenoxy) is 1. The van der Waals surface area contributed by atoms with Crippen molar-refractivity contribution in [2.45, 2.75) is 52.2 Å². The Morgan fingerprint density at radius 3 is 3.06 bits per heavy atom. The molecule has 1 aromatic heterocycles. The van der Waals surface area contributed by atoms with Gasteiger partial charge in [0.2, 0.25) is 0 Å². The molecule has 0 bridgehead atoms. The molecule has 102 valence electrons. The van der Waals surface area contributed by atoms with E-state index in [1.54, 1.807) is 6.26 Å². The topological polar surface area (TPSA) is 34.4 Å². The maximum atomic E-state index is 5.55. The van der Waals surface area contributed by atoms with Gasteiger partial charge in [-0.1, -0.05) is 13.8 Å². The van der Waals surface area contributed by atoms with Crippen molar-refractivity contribution >= 4 is 0 Å². The van der Waals surface area contributed by atoms with Gasteiger partial charge in [-0.2, -0.15) is 0 Å². The molecule has 0 aromatic carbocycles. The molecule has 3 heteroatoms. The Kier molecular flexibility index (Phi) is 4.84. The lowest BCUT2D eigenvalue weighted by Gasteiger charge is -2.17. The molecule has 1 fully saturated rings. The highest BCUT2D eigenvalue weighted by Crippen LogP contribution is 2.36. The second-order valence-corrected chi connectivity index (χ2v) is 6.04. The van der Waals surface area contributed by atoms with Crippen molar-refractivity contribution in [3.63, 3.8) is 0 Å². The number of rotatable bonds is 7. The molecule has 1 aliphatic carbocycles. The minimum absolute atomic E-state index is 0.535. The van der Waals surface area contributed by atoms with E-state index in [2.05, 4.69) is 19.2 Å². The molecule has 18 heavy (non-hydrogen) atoms. The minimum Gasteiger partial charge on any atom is -0.467 e. The van der Waals surface area contributed by atoms with E-state index < -0.39 is 0 Å². The van der Waals surface area contributed by atoms with Gasteiger partial charge in [0.15, 0.2) is 0 Å². The second-order valence-electron chi connectivity index (χ2n) is 6.04. The van der Waals surface area contributed by atoms with Gasteiger partial charge < -0.3 is 14.5 Å². The molecule has 2 rings (SSSR count). The fraction of sp³-hybridized carbons (Fsp3) is 0.733. The molecule has 1 N–H and O–H groups in total. The Labute approximate surface area is 110 Å². The minimum atomic E-state index is 0.535. The SMILES string of the molecule is CC1(C)CCC(NCCCOCc2ccco2)C1. The Morgan fingerprint density at radius 1 is 1.50 bits per heavy atom. The standard InChI is InChI=1S/C15H25NO2/c1-15(2)7-6-13(11-15)16-8-4-9-17-12-14-5-3-10-18-14/h3,5,10,13,16H,4,6-9,11-12H2,1-2H3. The average molecular weight is 251 g/mol. The molecule has 0 spiro atoms. The lowest BCUT2D eigenvalue weighted by atomic mass is 9.92. The quantitative estimate of drug-likeness (QED) is 0.755. The van der Waals surface area contributed by atoms with Gasteiger partial charge >= 0.3 is 0 Å². The molecule has 0 amide bonds. The highest BCUT2D eigenvalue weighted by Gasteiger charge is 2.30. The van der Waals surface area contributed by atoms with Gasteiger partial charge in [-0.15, -0.1) is 0 Å². The molecule has 0 saturated heterocycles. The molecular formula is C15H25NO2. The first-order valence-corrected chi connectivity index (χ1v) is 6.99. The summed E-state index contributed by atoms with van der Waals surface area (Å²) in [5.74, 6) is 0.903. The van der Waals surface area contributed by atoms with E-state index in [9.17, 15) is 0 Å². The first-order valence-electron chi connectivity index (χ1n) is 6.99. The highest BCUT2D eigenvalue weighted by atomic mass is 16.5. The molecule has 0 radical (unpaired) electrons. The zero-order valence-electron chi connectivity index (χ0n) is 11.6. The van der Waals surface area contributed by atoms with E-state index in [0.29, 0.717) is 18.1 Å². The zero-order chi connectivity index (χ0) is 12.8. The third-order valence-electron chi connectivity index (χ3n) is 3.69. The van der Waals surface area contributed by atoms with Crippen LogP contribution in [0.1, 0.15) is 45.3 Å². The summed E-state index contributed by atoms with van der Waals surface area (Å²) in [6.07, 6.45) is 6.72. The molecular weight excluding hydrogens is 226 g/mol. The normalized spacial score (nSPS) is 22.4. The van der Waals surface area contributed by atoms with Crippen molar-refractivity contribution in [3.05, 3.63) is 24.2 Å². The Hall–Kier alpha value is -0.800. The lowest BCUT2D eigenvalue weighted by molar-refractivity contribution is 0.103. The van der Waals surface area contributed by atoms with E-state index in [-0.39, 0.29) is 0 Å². The Morgan fingerprint density at radius 2 is 2.39 bits per heavy atom. The van der Waals surface area contributed by atoms with Crippen LogP contribution in [0.5, 0.6) is 0 Å². The van der Waals surface area contributed by atoms with Gasteiger partial charge in [0.1, 0.15) is 12.4 Å². The van der Waals surface area contributed by atoms with Crippen LogP contribution in [0.2, 0.25) is 0 Å². The first-order chi connectivity index (χ1) is 8.66. The predicted octanol–water partition coefficient (Wildman–Crippen LogP) is 3.35. The van der Waals surface area contributed by atoms with E-state index in [1.165, 1.54) is 19.3 Å². The van der Waals surface area contributed by atoms with Crippen molar-refractivity contribution in [2.75, 3.05) is 13.2 Å². The lowest BCUT2D eigenvalue weighted by Crippen LogP contribution is -2.28. The monoisotopic (exact) mass is 251 g/mol. The summed E-state index contributed by atoms with van der Waals surface area (Å²) >= 11 is 0. The second kappa shape index (κ2) is 6.39. The van der Waals surface area contributed by atoms with Gasteiger partial charge in [-0.25, -0.2) is 0 Å². The smallest absolute Gasteiger partial charge is 0.129 e.